The Kier molecular flexibility index (Phi) is 2.54. The molecule has 68 valence electrons. The summed E-state index contributed by atoms with van der Waals surface area (Å²) in [6.07, 6.45) is 0. The molecule has 0 bridgehead atoms. The Labute approximate surface area is 92.7 Å². The molecule has 5 heteroatoms. The zero-order chi connectivity index (χ0) is 10.1. The maximum atomic E-state index is 11.4. The van der Waals surface area contributed by atoms with Crippen molar-refractivity contribution < 1.29 is 39.3 Å². The van der Waals surface area contributed by atoms with Gasteiger partial charge >= 0.3 is 92.9 Å². The standard InChI is InChI=1S/C9H7NO3.Hg/c1-10-8(11)6-3-2-4-7(5-6)9(12)13;/h2,4-5H,1H2,(H,10,11)(H,12,13);. The van der Waals surface area contributed by atoms with Crippen molar-refractivity contribution in [1.82, 2.24) is 5.32 Å². The molecule has 1 aromatic rings. The van der Waals surface area contributed by atoms with E-state index in [1.165, 1.54) is 6.07 Å². The minimum atomic E-state index is -1.16. The SMILES string of the molecule is O=C(O)c1cc[c]2c(c1)C(=O)N[CH2][Hg]2. The van der Waals surface area contributed by atoms with Gasteiger partial charge in [0.25, 0.3) is 0 Å². The molecule has 1 aliphatic heterocycles. The number of nitrogens with one attached hydrogen (secondary N) is 1. The fourth-order valence-electron chi connectivity index (χ4n) is 1.54. The van der Waals surface area contributed by atoms with Crippen LogP contribution in [0.2, 0.25) is 0 Å². The van der Waals surface area contributed by atoms with Crippen molar-refractivity contribution in [3.8, 4) is 0 Å². The number of hydrogen-bond donors (Lipinski definition) is 2. The van der Waals surface area contributed by atoms with Gasteiger partial charge in [-0.15, -0.1) is 0 Å². The predicted molar refractivity (Wildman–Crippen MR) is 45.4 cm³/mol. The molecule has 0 radical (unpaired) electrons. The molecule has 4 nitrogen and oxygen atoms in total. The molecule has 0 unspecified atom stereocenters. The number of carbonyl (C=O) groups is 2. The van der Waals surface area contributed by atoms with Crippen LogP contribution in [0.25, 0.3) is 0 Å². The summed E-state index contributed by atoms with van der Waals surface area (Å²) in [6, 6.07) is 4.87. The molecule has 1 aromatic carbocycles. The van der Waals surface area contributed by atoms with Crippen LogP contribution in [0.15, 0.2) is 18.2 Å². The number of hydrogen-bond acceptors (Lipinski definition) is 2. The zero-order valence-corrected chi connectivity index (χ0v) is 12.9. The van der Waals surface area contributed by atoms with Crippen molar-refractivity contribution in [2.45, 2.75) is 0 Å². The number of rotatable bonds is 1. The van der Waals surface area contributed by atoms with Crippen LogP contribution in [0.3, 0.4) is 0 Å². The van der Waals surface area contributed by atoms with Gasteiger partial charge in [0, 0.05) is 0 Å². The molecule has 0 saturated carbocycles. The van der Waals surface area contributed by atoms with Crippen molar-refractivity contribution in [3.05, 3.63) is 29.3 Å². The van der Waals surface area contributed by atoms with Gasteiger partial charge in [-0.1, -0.05) is 0 Å². The molecule has 2 N–H and O–H groups in total. The van der Waals surface area contributed by atoms with E-state index in [1.54, 1.807) is 12.1 Å². The molecule has 14 heavy (non-hydrogen) atoms. The third kappa shape index (κ3) is 1.66. The quantitative estimate of drug-likeness (QED) is 0.666. The van der Waals surface area contributed by atoms with Crippen molar-refractivity contribution in [1.29, 1.82) is 0 Å². The van der Waals surface area contributed by atoms with E-state index >= 15 is 0 Å². The van der Waals surface area contributed by atoms with Crippen molar-refractivity contribution in [2.75, 3.05) is 4.05 Å². The first-order valence-corrected chi connectivity index (χ1v) is 11.0. The molecule has 1 amide bonds. The van der Waals surface area contributed by atoms with E-state index in [0.29, 0.717) is 5.56 Å². The number of amides is 1. The summed E-state index contributed by atoms with van der Waals surface area (Å²) < 4.78 is 1.98. The second-order valence-corrected chi connectivity index (χ2v) is 10.0. The van der Waals surface area contributed by atoms with E-state index in [0.717, 1.165) is 7.13 Å². The van der Waals surface area contributed by atoms with Crippen LogP contribution in [0.4, 0.5) is 0 Å². The van der Waals surface area contributed by atoms with Crippen LogP contribution >= 0.6 is 0 Å². The van der Waals surface area contributed by atoms with Gasteiger partial charge in [-0.2, -0.15) is 0 Å². The van der Waals surface area contributed by atoms with E-state index < -0.39 is 30.5 Å². The summed E-state index contributed by atoms with van der Waals surface area (Å²) in [4.78, 5) is 22.1. The van der Waals surface area contributed by atoms with Gasteiger partial charge in [-0.05, 0) is 0 Å². The van der Waals surface area contributed by atoms with E-state index in [-0.39, 0.29) is 11.5 Å². The summed E-state index contributed by atoms with van der Waals surface area (Å²) >= 11 is -1.16. The van der Waals surface area contributed by atoms with Gasteiger partial charge in [0.2, 0.25) is 0 Å². The minimum absolute atomic E-state index is 0.130. The van der Waals surface area contributed by atoms with Crippen molar-refractivity contribution >= 4 is 14.9 Å². The summed E-state index contributed by atoms with van der Waals surface area (Å²) in [6.45, 7) is 0. The molecule has 0 saturated heterocycles. The molecule has 1 heterocycles. The summed E-state index contributed by atoms with van der Waals surface area (Å²) in [5, 5.41) is 11.5. The third-order valence-corrected chi connectivity index (χ3v) is 8.72. The number of benzene rings is 1. The first kappa shape index (κ1) is 9.64. The maximum absolute atomic E-state index is 11.4. The van der Waals surface area contributed by atoms with Gasteiger partial charge in [0.05, 0.1) is 0 Å². The molecular weight excluding hydrogens is 371 g/mol. The van der Waals surface area contributed by atoms with E-state index in [4.69, 9.17) is 5.11 Å². The Morgan fingerprint density at radius 1 is 1.50 bits per heavy atom. The van der Waals surface area contributed by atoms with Gasteiger partial charge < -0.3 is 0 Å². The Hall–Kier alpha value is -0.905. The predicted octanol–water partition coefficient (Wildman–Crippen LogP) is -0.206. The Morgan fingerprint density at radius 2 is 2.29 bits per heavy atom. The first-order valence-electron chi connectivity index (χ1n) is 4.33. The number of carboxylic acid groups (broad SMARTS) is 1. The van der Waals surface area contributed by atoms with Crippen LogP contribution < -0.4 is 8.39 Å². The molecule has 0 aliphatic carbocycles. The molecule has 0 fully saturated rings. The number of carboxylic acids is 1. The van der Waals surface area contributed by atoms with Crippen LogP contribution in [0.5, 0.6) is 0 Å². The van der Waals surface area contributed by atoms with Crippen LogP contribution in [0.1, 0.15) is 20.7 Å². The molecule has 1 aliphatic rings. The van der Waals surface area contributed by atoms with E-state index in [9.17, 15) is 9.59 Å². The van der Waals surface area contributed by atoms with Crippen molar-refractivity contribution in [3.63, 3.8) is 0 Å². The summed E-state index contributed by atoms with van der Waals surface area (Å²) in [7, 11) is 0. The zero-order valence-electron chi connectivity index (χ0n) is 7.41. The topological polar surface area (TPSA) is 66.4 Å². The Balaban J connectivity index is 2.51. The molecule has 2 rings (SSSR count). The number of aromatic carboxylic acids is 1. The second kappa shape index (κ2) is 3.69. The fourth-order valence-corrected chi connectivity index (χ4v) is 7.13. The molecule has 0 atom stereocenters. The molecular formula is C9H7HgNO3. The van der Waals surface area contributed by atoms with E-state index in [1.807, 2.05) is 0 Å². The normalized spacial score (nSPS) is 13.3. The van der Waals surface area contributed by atoms with E-state index in [2.05, 4.69) is 5.32 Å². The first-order chi connectivity index (χ1) is 6.68. The second-order valence-electron chi connectivity index (χ2n) is 3.18. The summed E-state index contributed by atoms with van der Waals surface area (Å²) in [5.74, 6) is -1.11. The Bertz CT molecular complexity index is 417. The van der Waals surface area contributed by atoms with Crippen molar-refractivity contribution in [2.24, 2.45) is 0 Å². The molecule has 0 spiro atoms. The van der Waals surface area contributed by atoms with Crippen LogP contribution in [-0.4, -0.2) is 21.0 Å². The average molecular weight is 378 g/mol. The summed E-state index contributed by atoms with van der Waals surface area (Å²) in [5.41, 5.74) is 0.770. The number of carbonyl (C=O) groups excluding carboxylic acids is 1. The Morgan fingerprint density at radius 3 is 3.00 bits per heavy atom. The fraction of sp³-hybridized carbons (Fsp3) is 0.111. The van der Waals surface area contributed by atoms with Crippen LogP contribution in [-0.2, 0) is 24.6 Å². The molecule has 0 aromatic heterocycles. The van der Waals surface area contributed by atoms with Crippen LogP contribution in [0, 0.1) is 0 Å². The van der Waals surface area contributed by atoms with Gasteiger partial charge in [-0.25, -0.2) is 0 Å². The monoisotopic (exact) mass is 379 g/mol. The third-order valence-electron chi connectivity index (χ3n) is 2.28. The average Bonchev–Trinajstić information content (AvgIpc) is 2.18. The number of fused-ring (bicyclic) bond motifs is 1. The van der Waals surface area contributed by atoms with Gasteiger partial charge in [0.1, 0.15) is 0 Å². The van der Waals surface area contributed by atoms with Gasteiger partial charge in [0.15, 0.2) is 0 Å². The van der Waals surface area contributed by atoms with Gasteiger partial charge in [-0.3, -0.25) is 0 Å².